The van der Waals surface area contributed by atoms with Gasteiger partial charge < -0.3 is 22.5 Å². The SMILES string of the molecule is CC(C)(C)c1ccc(-c2csc(Nc3ccc(OC(F)(F)F)cc3)n2)cc1.[Cl-]. The van der Waals surface area contributed by atoms with Crippen LogP contribution in [0.3, 0.4) is 0 Å². The maximum atomic E-state index is 12.2. The summed E-state index contributed by atoms with van der Waals surface area (Å²) in [7, 11) is 0. The third kappa shape index (κ3) is 5.87. The van der Waals surface area contributed by atoms with Gasteiger partial charge in [0.25, 0.3) is 0 Å². The van der Waals surface area contributed by atoms with E-state index in [1.807, 2.05) is 17.5 Å². The van der Waals surface area contributed by atoms with Gasteiger partial charge in [-0.2, -0.15) is 0 Å². The van der Waals surface area contributed by atoms with Crippen LogP contribution in [0.5, 0.6) is 5.75 Å². The molecule has 0 saturated carbocycles. The number of thiazole rings is 1. The van der Waals surface area contributed by atoms with Gasteiger partial charge in [-0.1, -0.05) is 45.0 Å². The zero-order chi connectivity index (χ0) is 19.7. The number of anilines is 2. The summed E-state index contributed by atoms with van der Waals surface area (Å²) >= 11 is 1.43. The minimum Gasteiger partial charge on any atom is -1.00 e. The Hall–Kier alpha value is -2.25. The van der Waals surface area contributed by atoms with Crippen molar-refractivity contribution in [2.45, 2.75) is 32.5 Å². The van der Waals surface area contributed by atoms with Gasteiger partial charge in [0.15, 0.2) is 5.13 Å². The van der Waals surface area contributed by atoms with Crippen LogP contribution in [-0.4, -0.2) is 11.3 Å². The molecule has 0 aliphatic heterocycles. The zero-order valence-corrected chi connectivity index (χ0v) is 17.0. The highest BCUT2D eigenvalue weighted by atomic mass is 35.5. The van der Waals surface area contributed by atoms with E-state index in [-0.39, 0.29) is 23.6 Å². The largest absolute Gasteiger partial charge is 1.00 e. The maximum absolute atomic E-state index is 12.2. The van der Waals surface area contributed by atoms with Crippen LogP contribution in [0.2, 0.25) is 0 Å². The number of hydrogen-bond acceptors (Lipinski definition) is 4. The molecular weight excluding hydrogens is 409 g/mol. The van der Waals surface area contributed by atoms with Crippen molar-refractivity contribution in [3.63, 3.8) is 0 Å². The van der Waals surface area contributed by atoms with Crippen molar-refractivity contribution in [3.8, 4) is 17.0 Å². The Labute approximate surface area is 172 Å². The zero-order valence-electron chi connectivity index (χ0n) is 15.5. The lowest BCUT2D eigenvalue weighted by molar-refractivity contribution is -0.274. The number of halogens is 4. The Morgan fingerprint density at radius 2 is 1.54 bits per heavy atom. The molecule has 8 heteroatoms. The van der Waals surface area contributed by atoms with Gasteiger partial charge >= 0.3 is 6.36 Å². The number of alkyl halides is 3. The lowest BCUT2D eigenvalue weighted by Crippen LogP contribution is -3.00. The second-order valence-corrected chi connectivity index (χ2v) is 7.92. The minimum atomic E-state index is -4.69. The van der Waals surface area contributed by atoms with E-state index in [1.54, 1.807) is 0 Å². The Kier molecular flexibility index (Phi) is 6.62. The minimum absolute atomic E-state index is 0. The average Bonchev–Trinajstić information content (AvgIpc) is 3.03. The highest BCUT2D eigenvalue weighted by Crippen LogP contribution is 2.30. The van der Waals surface area contributed by atoms with E-state index in [1.165, 1.54) is 41.2 Å². The molecule has 0 bridgehead atoms. The van der Waals surface area contributed by atoms with Gasteiger partial charge in [0.2, 0.25) is 0 Å². The molecule has 3 nitrogen and oxygen atoms in total. The van der Waals surface area contributed by atoms with Gasteiger partial charge in [0.1, 0.15) is 5.75 Å². The highest BCUT2D eigenvalue weighted by molar-refractivity contribution is 7.14. The Balaban J connectivity index is 0.00000280. The molecule has 0 saturated heterocycles. The topological polar surface area (TPSA) is 34.1 Å². The van der Waals surface area contributed by atoms with E-state index >= 15 is 0 Å². The number of nitrogens with zero attached hydrogens (tertiary/aromatic N) is 1. The summed E-state index contributed by atoms with van der Waals surface area (Å²) in [5.41, 5.74) is 3.84. The molecule has 0 amide bonds. The quantitative estimate of drug-likeness (QED) is 0.688. The molecular formula is C20H19ClF3N2OS-. The first-order valence-corrected chi connectivity index (χ1v) is 9.17. The summed E-state index contributed by atoms with van der Waals surface area (Å²) < 4.78 is 40.5. The van der Waals surface area contributed by atoms with Crippen LogP contribution in [0.15, 0.2) is 53.9 Å². The molecule has 3 rings (SSSR count). The maximum Gasteiger partial charge on any atom is 0.573 e. The number of benzene rings is 2. The number of ether oxygens (including phenoxy) is 1. The Bertz CT molecular complexity index is 901. The van der Waals surface area contributed by atoms with Crippen LogP contribution in [0, 0.1) is 0 Å². The molecule has 0 aliphatic carbocycles. The van der Waals surface area contributed by atoms with Gasteiger partial charge in [-0.3, -0.25) is 0 Å². The third-order valence-electron chi connectivity index (χ3n) is 3.89. The predicted octanol–water partition coefficient (Wildman–Crippen LogP) is 3.75. The van der Waals surface area contributed by atoms with Crippen molar-refractivity contribution in [2.75, 3.05) is 5.32 Å². The fraction of sp³-hybridized carbons (Fsp3) is 0.250. The van der Waals surface area contributed by atoms with E-state index in [0.29, 0.717) is 10.8 Å². The lowest BCUT2D eigenvalue weighted by Gasteiger charge is -2.18. The second kappa shape index (κ2) is 8.41. The van der Waals surface area contributed by atoms with Crippen molar-refractivity contribution >= 4 is 22.2 Å². The van der Waals surface area contributed by atoms with E-state index in [9.17, 15) is 13.2 Å². The molecule has 1 N–H and O–H groups in total. The molecule has 0 radical (unpaired) electrons. The molecule has 3 aromatic rings. The molecule has 0 fully saturated rings. The van der Waals surface area contributed by atoms with Gasteiger partial charge in [-0.25, -0.2) is 4.98 Å². The van der Waals surface area contributed by atoms with E-state index in [4.69, 9.17) is 0 Å². The van der Waals surface area contributed by atoms with Gasteiger partial charge in [-0.05, 0) is 35.2 Å². The van der Waals surface area contributed by atoms with Crippen molar-refractivity contribution < 1.29 is 30.3 Å². The molecule has 0 unspecified atom stereocenters. The Morgan fingerprint density at radius 1 is 0.929 bits per heavy atom. The van der Waals surface area contributed by atoms with Crippen molar-refractivity contribution in [3.05, 3.63) is 59.5 Å². The highest BCUT2D eigenvalue weighted by Gasteiger charge is 2.30. The van der Waals surface area contributed by atoms with Crippen LogP contribution < -0.4 is 22.5 Å². The first-order chi connectivity index (χ1) is 12.6. The molecule has 1 heterocycles. The first-order valence-electron chi connectivity index (χ1n) is 8.29. The summed E-state index contributed by atoms with van der Waals surface area (Å²) in [5, 5.41) is 5.69. The van der Waals surface area contributed by atoms with Crippen molar-refractivity contribution in [1.29, 1.82) is 0 Å². The number of hydrogen-bond donors (Lipinski definition) is 1. The van der Waals surface area contributed by atoms with Gasteiger partial charge in [0, 0.05) is 16.6 Å². The summed E-state index contributed by atoms with van der Waals surface area (Å²) in [6, 6.07) is 13.8. The molecule has 1 aromatic heterocycles. The predicted molar refractivity (Wildman–Crippen MR) is 103 cm³/mol. The molecule has 2 aromatic carbocycles. The number of rotatable bonds is 4. The van der Waals surface area contributed by atoms with E-state index in [2.05, 4.69) is 47.9 Å². The average molecular weight is 428 g/mol. The summed E-state index contributed by atoms with van der Waals surface area (Å²) in [6.45, 7) is 6.49. The molecule has 0 spiro atoms. The summed E-state index contributed by atoms with van der Waals surface area (Å²) in [5.74, 6) is -0.258. The summed E-state index contributed by atoms with van der Waals surface area (Å²) in [6.07, 6.45) is -4.69. The van der Waals surface area contributed by atoms with Crippen LogP contribution >= 0.6 is 11.3 Å². The van der Waals surface area contributed by atoms with Crippen LogP contribution in [-0.2, 0) is 5.41 Å². The van der Waals surface area contributed by atoms with Crippen molar-refractivity contribution in [1.82, 2.24) is 4.98 Å². The van der Waals surface area contributed by atoms with Crippen LogP contribution in [0.4, 0.5) is 24.0 Å². The number of aromatic nitrogens is 1. The monoisotopic (exact) mass is 427 g/mol. The summed E-state index contributed by atoms with van der Waals surface area (Å²) in [4.78, 5) is 4.55. The number of nitrogens with one attached hydrogen (secondary N) is 1. The molecule has 0 aliphatic rings. The fourth-order valence-corrected chi connectivity index (χ4v) is 3.21. The van der Waals surface area contributed by atoms with Gasteiger partial charge in [0.05, 0.1) is 5.69 Å². The Morgan fingerprint density at radius 3 is 2.07 bits per heavy atom. The third-order valence-corrected chi connectivity index (χ3v) is 4.65. The normalized spacial score (nSPS) is 11.6. The molecule has 0 atom stereocenters. The molecule has 150 valence electrons. The second-order valence-electron chi connectivity index (χ2n) is 7.06. The lowest BCUT2D eigenvalue weighted by atomic mass is 9.86. The van der Waals surface area contributed by atoms with Crippen LogP contribution in [0.25, 0.3) is 11.3 Å². The standard InChI is InChI=1S/C20H19F3N2OS.ClH/c1-19(2,3)14-6-4-13(5-7-14)17-12-27-18(25-17)24-15-8-10-16(11-9-15)26-20(21,22)23;/h4-12H,1-3H3,(H,24,25);1H/p-1. The smallest absolute Gasteiger partial charge is 0.573 e. The van der Waals surface area contributed by atoms with E-state index < -0.39 is 6.36 Å². The van der Waals surface area contributed by atoms with Gasteiger partial charge in [-0.15, -0.1) is 24.5 Å². The fourth-order valence-electron chi connectivity index (χ4n) is 2.47. The van der Waals surface area contributed by atoms with Crippen LogP contribution in [0.1, 0.15) is 26.3 Å². The molecule has 28 heavy (non-hydrogen) atoms. The van der Waals surface area contributed by atoms with E-state index in [0.717, 1.165) is 11.3 Å². The van der Waals surface area contributed by atoms with Crippen molar-refractivity contribution in [2.24, 2.45) is 0 Å². The first kappa shape index (κ1) is 22.0.